The molecule has 0 aromatic carbocycles. The molecule has 0 fully saturated rings. The van der Waals surface area contributed by atoms with Crippen LogP contribution in [-0.4, -0.2) is 75.6 Å². The van der Waals surface area contributed by atoms with E-state index in [2.05, 4.69) is 26.0 Å². The van der Waals surface area contributed by atoms with Gasteiger partial charge in [0.25, 0.3) is 0 Å². The van der Waals surface area contributed by atoms with E-state index in [4.69, 9.17) is 18.5 Å². The predicted octanol–water partition coefficient (Wildman–Crippen LogP) is 13.1. The summed E-state index contributed by atoms with van der Waals surface area (Å²) in [6.45, 7) is 5.60. The van der Waals surface area contributed by atoms with E-state index < -0.39 is 13.9 Å². The minimum Gasteiger partial charge on any atom is -0.457 e. The van der Waals surface area contributed by atoms with Crippen molar-refractivity contribution in [3.63, 3.8) is 0 Å². The molecule has 2 atom stereocenters. The molecule has 0 aliphatic heterocycles. The summed E-state index contributed by atoms with van der Waals surface area (Å²) in [7, 11) is 1.68. The highest BCUT2D eigenvalue weighted by Crippen LogP contribution is 2.43. The molecule has 0 saturated carbocycles. The molecule has 9 heteroatoms. The van der Waals surface area contributed by atoms with Gasteiger partial charge < -0.3 is 18.9 Å². The van der Waals surface area contributed by atoms with E-state index in [-0.39, 0.29) is 25.8 Å². The summed E-state index contributed by atoms with van der Waals surface area (Å²) in [5, 5.41) is 0. The summed E-state index contributed by atoms with van der Waals surface area (Å²) >= 11 is 0. The van der Waals surface area contributed by atoms with Crippen molar-refractivity contribution < 1.29 is 37.3 Å². The Bertz CT molecular complexity index is 863. The molecule has 0 aliphatic rings. The van der Waals surface area contributed by atoms with Crippen LogP contribution in [0.1, 0.15) is 206 Å². The van der Waals surface area contributed by atoms with Crippen LogP contribution in [0, 0.1) is 0 Å². The molecule has 0 spiro atoms. The fourth-order valence-corrected chi connectivity index (χ4v) is 7.05. The molecule has 0 heterocycles. The Hall–Kier alpha value is -0.760. The number of likely N-dealkylation sites (N-methyl/N-ethyl adjacent to an activating group) is 1. The zero-order valence-electron chi connectivity index (χ0n) is 35.8. The maximum Gasteiger partial charge on any atom is 0.472 e. The van der Waals surface area contributed by atoms with Crippen molar-refractivity contribution in [1.82, 2.24) is 0 Å². The number of hydrogen-bond donors (Lipinski definition) is 1. The normalized spacial score (nSPS) is 13.8. The van der Waals surface area contributed by atoms with Gasteiger partial charge in [-0.3, -0.25) is 13.8 Å². The number of carbonyl (C=O) groups is 1. The number of phosphoric acid groups is 1. The summed E-state index contributed by atoms with van der Waals surface area (Å²) in [4.78, 5) is 22.8. The first-order valence-electron chi connectivity index (χ1n) is 22.4. The van der Waals surface area contributed by atoms with Gasteiger partial charge in [-0.25, -0.2) is 4.57 Å². The Labute approximate surface area is 329 Å². The van der Waals surface area contributed by atoms with Gasteiger partial charge in [-0.15, -0.1) is 0 Å². The smallest absolute Gasteiger partial charge is 0.457 e. The predicted molar refractivity (Wildman–Crippen MR) is 224 cm³/mol. The van der Waals surface area contributed by atoms with Crippen molar-refractivity contribution in [2.45, 2.75) is 213 Å². The lowest BCUT2D eigenvalue weighted by atomic mass is 10.0. The highest BCUT2D eigenvalue weighted by molar-refractivity contribution is 7.47. The topological polar surface area (TPSA) is 91.3 Å². The molecule has 1 N–H and O–H groups in total. The van der Waals surface area contributed by atoms with Gasteiger partial charge in [0.2, 0.25) is 0 Å². The Morgan fingerprint density at radius 1 is 0.566 bits per heavy atom. The Kier molecular flexibility index (Phi) is 37.6. The van der Waals surface area contributed by atoms with Crippen molar-refractivity contribution in [3.8, 4) is 0 Å². The highest BCUT2D eigenvalue weighted by Gasteiger charge is 2.26. The SMILES string of the molecule is CCCCCCCCCC/C=C\CCCCCCCCCCCCCCCC(=O)OC(COCCCCCCCC)COP(=O)(O)OCC[N+](C)(C)C. The van der Waals surface area contributed by atoms with Gasteiger partial charge in [0.05, 0.1) is 34.4 Å². The second kappa shape index (κ2) is 38.1. The molecule has 53 heavy (non-hydrogen) atoms. The third-order valence-corrected chi connectivity index (χ3v) is 10.8. The van der Waals surface area contributed by atoms with E-state index in [0.717, 1.165) is 32.1 Å². The molecule has 0 aromatic heterocycles. The van der Waals surface area contributed by atoms with Crippen LogP contribution in [0.2, 0.25) is 0 Å². The van der Waals surface area contributed by atoms with Crippen LogP contribution < -0.4 is 0 Å². The Morgan fingerprint density at radius 3 is 1.43 bits per heavy atom. The lowest BCUT2D eigenvalue weighted by molar-refractivity contribution is -0.870. The van der Waals surface area contributed by atoms with Crippen molar-refractivity contribution in [2.75, 3.05) is 54.1 Å². The third-order valence-electron chi connectivity index (χ3n) is 9.83. The van der Waals surface area contributed by atoms with Gasteiger partial charge in [-0.2, -0.15) is 0 Å². The summed E-state index contributed by atoms with van der Waals surface area (Å²) in [5.74, 6) is -0.314. The van der Waals surface area contributed by atoms with Gasteiger partial charge >= 0.3 is 13.8 Å². The number of phosphoric ester groups is 1. The first-order chi connectivity index (χ1) is 25.6. The van der Waals surface area contributed by atoms with Gasteiger partial charge in [0.1, 0.15) is 19.3 Å². The highest BCUT2D eigenvalue weighted by atomic mass is 31.2. The average molecular weight is 775 g/mol. The molecule has 8 nitrogen and oxygen atoms in total. The first-order valence-corrected chi connectivity index (χ1v) is 23.9. The average Bonchev–Trinajstić information content (AvgIpc) is 3.11. The molecule has 316 valence electrons. The molecule has 0 aliphatic carbocycles. The maximum absolute atomic E-state index is 12.6. The minimum absolute atomic E-state index is 0.0914. The van der Waals surface area contributed by atoms with E-state index in [1.807, 2.05) is 21.1 Å². The van der Waals surface area contributed by atoms with E-state index >= 15 is 0 Å². The molecular weight excluding hydrogens is 685 g/mol. The van der Waals surface area contributed by atoms with Crippen molar-refractivity contribution in [1.29, 1.82) is 0 Å². The van der Waals surface area contributed by atoms with Crippen LogP contribution in [0.4, 0.5) is 0 Å². The molecule has 0 radical (unpaired) electrons. The number of esters is 1. The monoisotopic (exact) mass is 775 g/mol. The van der Waals surface area contributed by atoms with E-state index in [9.17, 15) is 14.3 Å². The summed E-state index contributed by atoms with van der Waals surface area (Å²) in [6, 6.07) is 0. The molecule has 0 amide bonds. The number of carbonyl (C=O) groups excluding carboxylic acids is 1. The quantitative estimate of drug-likeness (QED) is 0.0217. The van der Waals surface area contributed by atoms with Crippen LogP contribution >= 0.6 is 7.82 Å². The zero-order valence-corrected chi connectivity index (χ0v) is 36.7. The molecule has 0 rings (SSSR count). The molecule has 0 aromatic rings. The van der Waals surface area contributed by atoms with Gasteiger partial charge in [0.15, 0.2) is 0 Å². The van der Waals surface area contributed by atoms with Crippen LogP contribution in [0.5, 0.6) is 0 Å². The van der Waals surface area contributed by atoms with Gasteiger partial charge in [-0.1, -0.05) is 174 Å². The second-order valence-electron chi connectivity index (χ2n) is 16.4. The molecular formula is C44H89NO7P+. The number of ether oxygens (including phenoxy) is 2. The zero-order chi connectivity index (χ0) is 39.1. The Balaban J connectivity index is 3.92. The summed E-state index contributed by atoms with van der Waals surface area (Å²) < 4.78 is 34.8. The van der Waals surface area contributed by atoms with E-state index in [1.165, 1.54) is 154 Å². The Morgan fingerprint density at radius 2 is 0.981 bits per heavy atom. The largest absolute Gasteiger partial charge is 0.472 e. The van der Waals surface area contributed by atoms with Crippen LogP contribution in [0.25, 0.3) is 0 Å². The number of nitrogens with zero attached hydrogens (tertiary/aromatic N) is 1. The molecule has 0 bridgehead atoms. The van der Waals surface area contributed by atoms with Crippen molar-refractivity contribution in [3.05, 3.63) is 12.2 Å². The standard InChI is InChI=1S/C44H88NO7P/c1-6-8-10-12-14-15-16-17-18-19-20-21-22-23-24-25-26-27-28-29-30-31-32-33-35-37-44(46)52-43(41-49-39-36-34-13-11-9-7-2)42-51-53(47,48)50-40-38-45(3,4)5/h19-20,43H,6-18,21-42H2,1-5H3/p+1/b20-19-. The fourth-order valence-electron chi connectivity index (χ4n) is 6.31. The van der Waals surface area contributed by atoms with Crippen molar-refractivity contribution in [2.24, 2.45) is 0 Å². The fraction of sp³-hybridized carbons (Fsp3) is 0.932. The number of unbranched alkanes of at least 4 members (excludes halogenated alkanes) is 26. The number of hydrogen-bond acceptors (Lipinski definition) is 6. The summed E-state index contributed by atoms with van der Waals surface area (Å²) in [6.07, 6.45) is 41.3. The van der Waals surface area contributed by atoms with Crippen LogP contribution in [0.15, 0.2) is 12.2 Å². The molecule has 0 saturated heterocycles. The minimum atomic E-state index is -4.26. The van der Waals surface area contributed by atoms with E-state index in [0.29, 0.717) is 24.1 Å². The second-order valence-corrected chi connectivity index (χ2v) is 17.9. The lowest BCUT2D eigenvalue weighted by Crippen LogP contribution is -2.37. The molecule has 2 unspecified atom stereocenters. The van der Waals surface area contributed by atoms with Crippen LogP contribution in [-0.2, 0) is 27.9 Å². The third kappa shape index (κ3) is 42.2. The number of quaternary nitrogens is 1. The van der Waals surface area contributed by atoms with Gasteiger partial charge in [-0.05, 0) is 38.5 Å². The van der Waals surface area contributed by atoms with E-state index in [1.54, 1.807) is 0 Å². The van der Waals surface area contributed by atoms with Gasteiger partial charge in [0, 0.05) is 13.0 Å². The summed E-state index contributed by atoms with van der Waals surface area (Å²) in [5.41, 5.74) is 0. The van der Waals surface area contributed by atoms with Crippen LogP contribution in [0.3, 0.4) is 0 Å². The number of rotatable bonds is 42. The lowest BCUT2D eigenvalue weighted by Gasteiger charge is -2.24. The maximum atomic E-state index is 12.6. The number of allylic oxidation sites excluding steroid dienone is 2. The van der Waals surface area contributed by atoms with Crippen molar-refractivity contribution >= 4 is 13.8 Å². The first kappa shape index (κ1) is 52.2.